The third kappa shape index (κ3) is 4.60. The van der Waals surface area contributed by atoms with Crippen molar-refractivity contribution in [3.8, 4) is 0 Å². The molecule has 1 unspecified atom stereocenters. The normalized spacial score (nSPS) is 14.6. The second-order valence-electron chi connectivity index (χ2n) is 3.62. The minimum absolute atomic E-state index is 0.113. The molecular formula is C8H13NO6P2. The van der Waals surface area contributed by atoms with Crippen molar-refractivity contribution in [1.82, 2.24) is 0 Å². The average Bonchev–Trinajstić information content (AvgIpc) is 2.11. The Morgan fingerprint density at radius 2 is 1.76 bits per heavy atom. The molecule has 7 nitrogen and oxygen atoms in total. The first-order chi connectivity index (χ1) is 7.59. The molecule has 9 heteroatoms. The summed E-state index contributed by atoms with van der Waals surface area (Å²) in [5.74, 6) is 0. The lowest BCUT2D eigenvalue weighted by Gasteiger charge is -2.19. The maximum atomic E-state index is 11.2. The van der Waals surface area contributed by atoms with Crippen LogP contribution in [0.25, 0.3) is 0 Å². The highest BCUT2D eigenvalue weighted by Crippen LogP contribution is 2.57. The molecule has 6 N–H and O–H groups in total. The highest BCUT2D eigenvalue weighted by Gasteiger charge is 2.36. The number of anilines is 1. The van der Waals surface area contributed by atoms with Gasteiger partial charge in [0.2, 0.25) is 0 Å². The van der Waals surface area contributed by atoms with Gasteiger partial charge in [0.1, 0.15) is 0 Å². The Kier molecular flexibility index (Phi) is 4.15. The summed E-state index contributed by atoms with van der Waals surface area (Å²) in [6, 6.07) is 5.64. The van der Waals surface area contributed by atoms with E-state index in [1.807, 2.05) is 0 Å². The second kappa shape index (κ2) is 4.90. The monoisotopic (exact) mass is 281 g/mol. The summed E-state index contributed by atoms with van der Waals surface area (Å²) >= 11 is 0. The molecule has 0 saturated heterocycles. The smallest absolute Gasteiger partial charge is 0.333 e. The lowest BCUT2D eigenvalue weighted by Crippen LogP contribution is -2.06. The van der Waals surface area contributed by atoms with Crippen LogP contribution in [0.2, 0.25) is 0 Å². The van der Waals surface area contributed by atoms with Crippen molar-refractivity contribution in [2.75, 3.05) is 11.9 Å². The first-order valence-corrected chi connectivity index (χ1v) is 8.03. The van der Waals surface area contributed by atoms with E-state index in [1.54, 1.807) is 0 Å². The van der Waals surface area contributed by atoms with Crippen molar-refractivity contribution in [3.05, 3.63) is 29.8 Å². The van der Waals surface area contributed by atoms with Gasteiger partial charge in [-0.2, -0.15) is 0 Å². The standard InChI is InChI=1S/C8H13NO6P2/c9-7-3-1-2-6(4-7)8(17(13,14)15)5-16(10,11)12/h1-4,8H,5,9H2,(H2,10,11,12)(H2,13,14,15). The molecule has 96 valence electrons. The predicted molar refractivity (Wildman–Crippen MR) is 62.6 cm³/mol. The molecule has 0 saturated carbocycles. The Bertz CT molecular complexity index is 493. The molecule has 0 radical (unpaired) electrons. The van der Waals surface area contributed by atoms with Crippen LogP contribution in [0.1, 0.15) is 11.2 Å². The fourth-order valence-electron chi connectivity index (χ4n) is 1.40. The number of nitrogen functional groups attached to an aromatic ring is 1. The largest absolute Gasteiger partial charge is 0.399 e. The predicted octanol–water partition coefficient (Wildman–Crippen LogP) is 0.665. The van der Waals surface area contributed by atoms with E-state index in [4.69, 9.17) is 25.3 Å². The summed E-state index contributed by atoms with van der Waals surface area (Å²) in [6.07, 6.45) is -0.916. The second-order valence-corrected chi connectivity index (χ2v) is 7.12. The van der Waals surface area contributed by atoms with Crippen LogP contribution in [0, 0.1) is 0 Å². The first kappa shape index (κ1) is 14.4. The summed E-state index contributed by atoms with van der Waals surface area (Å²) in [6.45, 7) is 0. The molecule has 0 aliphatic rings. The molecule has 17 heavy (non-hydrogen) atoms. The van der Waals surface area contributed by atoms with E-state index in [9.17, 15) is 9.13 Å². The Hall–Kier alpha value is -0.680. The average molecular weight is 281 g/mol. The molecule has 0 spiro atoms. The Labute approximate surface area is 97.6 Å². The molecule has 1 aromatic carbocycles. The highest BCUT2D eigenvalue weighted by molar-refractivity contribution is 7.56. The van der Waals surface area contributed by atoms with E-state index in [0.717, 1.165) is 0 Å². The van der Waals surface area contributed by atoms with Gasteiger partial charge < -0.3 is 25.3 Å². The summed E-state index contributed by atoms with van der Waals surface area (Å²) in [5, 5.41) is 0. The van der Waals surface area contributed by atoms with Gasteiger partial charge >= 0.3 is 15.2 Å². The Morgan fingerprint density at radius 1 is 1.18 bits per heavy atom. The molecule has 1 atom stereocenters. The van der Waals surface area contributed by atoms with Gasteiger partial charge in [-0.25, -0.2) is 0 Å². The van der Waals surface area contributed by atoms with Crippen molar-refractivity contribution in [3.63, 3.8) is 0 Å². The fourth-order valence-corrected chi connectivity index (χ4v) is 4.10. The maximum absolute atomic E-state index is 11.2. The van der Waals surface area contributed by atoms with E-state index < -0.39 is 27.0 Å². The molecule has 0 heterocycles. The van der Waals surface area contributed by atoms with E-state index in [0.29, 0.717) is 0 Å². The number of nitrogens with two attached hydrogens (primary N) is 1. The van der Waals surface area contributed by atoms with E-state index in [1.165, 1.54) is 24.3 Å². The Morgan fingerprint density at radius 3 is 2.18 bits per heavy atom. The van der Waals surface area contributed by atoms with Gasteiger partial charge in [-0.05, 0) is 17.7 Å². The van der Waals surface area contributed by atoms with Crippen molar-refractivity contribution in [1.29, 1.82) is 0 Å². The minimum atomic E-state index is -4.66. The van der Waals surface area contributed by atoms with Crippen LogP contribution in [-0.2, 0) is 9.13 Å². The van der Waals surface area contributed by atoms with Crippen molar-refractivity contribution >= 4 is 20.9 Å². The van der Waals surface area contributed by atoms with Crippen LogP contribution in [0.15, 0.2) is 24.3 Å². The zero-order valence-electron chi connectivity index (χ0n) is 8.67. The highest BCUT2D eigenvalue weighted by atomic mass is 31.2. The molecule has 0 fully saturated rings. The minimum Gasteiger partial charge on any atom is -0.399 e. The van der Waals surface area contributed by atoms with E-state index in [-0.39, 0.29) is 11.3 Å². The summed E-state index contributed by atoms with van der Waals surface area (Å²) in [5.41, 5.74) is 4.29. The number of hydrogen-bond acceptors (Lipinski definition) is 3. The van der Waals surface area contributed by atoms with Crippen LogP contribution < -0.4 is 5.73 Å². The zero-order chi connectivity index (χ0) is 13.3. The third-order valence-electron chi connectivity index (χ3n) is 2.11. The molecule has 0 amide bonds. The maximum Gasteiger partial charge on any atom is 0.333 e. The zero-order valence-corrected chi connectivity index (χ0v) is 10.5. The van der Waals surface area contributed by atoms with E-state index in [2.05, 4.69) is 0 Å². The van der Waals surface area contributed by atoms with Gasteiger partial charge in [-0.3, -0.25) is 9.13 Å². The van der Waals surface area contributed by atoms with Crippen LogP contribution in [0.4, 0.5) is 5.69 Å². The van der Waals surface area contributed by atoms with Gasteiger partial charge in [0.05, 0.1) is 11.8 Å². The molecule has 0 aliphatic carbocycles. The molecule has 0 aliphatic heterocycles. The SMILES string of the molecule is Nc1cccc(C(CP(=O)(O)O)P(=O)(O)O)c1. The number of hydrogen-bond donors (Lipinski definition) is 5. The number of benzene rings is 1. The van der Waals surface area contributed by atoms with Crippen LogP contribution in [0.3, 0.4) is 0 Å². The van der Waals surface area contributed by atoms with Crippen LogP contribution >= 0.6 is 15.2 Å². The lowest BCUT2D eigenvalue weighted by molar-refractivity contribution is 0.347. The fraction of sp³-hybridized carbons (Fsp3) is 0.250. The van der Waals surface area contributed by atoms with Gasteiger partial charge in [-0.1, -0.05) is 12.1 Å². The van der Waals surface area contributed by atoms with Gasteiger partial charge in [-0.15, -0.1) is 0 Å². The topological polar surface area (TPSA) is 141 Å². The molecule has 0 aromatic heterocycles. The number of rotatable bonds is 4. The molecule has 0 bridgehead atoms. The van der Waals surface area contributed by atoms with Crippen molar-refractivity contribution < 1.29 is 28.7 Å². The summed E-state index contributed by atoms with van der Waals surface area (Å²) in [7, 11) is -9.19. The lowest BCUT2D eigenvalue weighted by atomic mass is 10.1. The van der Waals surface area contributed by atoms with Gasteiger partial charge in [0.25, 0.3) is 0 Å². The molecule has 1 aromatic rings. The summed E-state index contributed by atoms with van der Waals surface area (Å²) < 4.78 is 22.1. The molecule has 1 rings (SSSR count). The van der Waals surface area contributed by atoms with Crippen molar-refractivity contribution in [2.45, 2.75) is 5.66 Å². The first-order valence-electron chi connectivity index (χ1n) is 4.55. The van der Waals surface area contributed by atoms with Crippen LogP contribution in [-0.4, -0.2) is 25.7 Å². The van der Waals surface area contributed by atoms with Gasteiger partial charge in [0, 0.05) is 5.69 Å². The van der Waals surface area contributed by atoms with Gasteiger partial charge in [0.15, 0.2) is 0 Å². The van der Waals surface area contributed by atoms with E-state index >= 15 is 0 Å². The Balaban J connectivity index is 3.17. The van der Waals surface area contributed by atoms with Crippen LogP contribution in [0.5, 0.6) is 0 Å². The van der Waals surface area contributed by atoms with Crippen molar-refractivity contribution in [2.24, 2.45) is 0 Å². The molecular weight excluding hydrogens is 268 g/mol. The quantitative estimate of drug-likeness (QED) is 0.403. The summed E-state index contributed by atoms with van der Waals surface area (Å²) in [4.78, 5) is 35.9. The third-order valence-corrected chi connectivity index (χ3v) is 4.53.